The van der Waals surface area contributed by atoms with Crippen molar-refractivity contribution < 1.29 is 4.39 Å². The van der Waals surface area contributed by atoms with Crippen LogP contribution in [0.4, 0.5) is 4.39 Å². The van der Waals surface area contributed by atoms with Gasteiger partial charge in [0.2, 0.25) is 0 Å². The molecule has 1 atom stereocenters. The van der Waals surface area contributed by atoms with E-state index in [0.717, 1.165) is 61.0 Å². The van der Waals surface area contributed by atoms with E-state index in [9.17, 15) is 4.39 Å². The lowest BCUT2D eigenvalue weighted by Crippen LogP contribution is -2.16. The smallest absolute Gasteiger partial charge is 0.126 e. The van der Waals surface area contributed by atoms with Crippen molar-refractivity contribution in [2.45, 2.75) is 123 Å². The minimum absolute atomic E-state index is 0.00281. The van der Waals surface area contributed by atoms with Crippen LogP contribution in [0.25, 0.3) is 0 Å². The summed E-state index contributed by atoms with van der Waals surface area (Å²) in [5, 5.41) is 0. The first-order valence-corrected chi connectivity index (χ1v) is 13.6. The van der Waals surface area contributed by atoms with Crippen LogP contribution in [0.3, 0.4) is 0 Å². The standard InChI is InChI=1S/C30H47F/c1-3-5-7-24-9-11-25(12-10-24)13-14-26-15-17-27(18-16-26)19-20-28-21-22-29(8-6-4-2)30(31)23-28/h17,21-26H,3-16,18-20H2,1-2H3/t24-,25-,26?. The number of allylic oxidation sites excluding steroid dienone is 2. The van der Waals surface area contributed by atoms with Gasteiger partial charge in [-0.3, -0.25) is 0 Å². The normalized spacial score (nSPS) is 24.2. The molecule has 3 rings (SSSR count). The molecule has 1 aromatic carbocycles. The fourth-order valence-electron chi connectivity index (χ4n) is 5.83. The molecule has 0 radical (unpaired) electrons. The first kappa shape index (κ1) is 24.5. The van der Waals surface area contributed by atoms with E-state index in [1.165, 1.54) is 77.0 Å². The van der Waals surface area contributed by atoms with Gasteiger partial charge < -0.3 is 0 Å². The Morgan fingerprint density at radius 3 is 2.13 bits per heavy atom. The average Bonchev–Trinajstić information content (AvgIpc) is 2.81. The van der Waals surface area contributed by atoms with Crippen molar-refractivity contribution in [1.29, 1.82) is 0 Å². The zero-order valence-corrected chi connectivity index (χ0v) is 20.4. The zero-order valence-electron chi connectivity index (χ0n) is 20.4. The van der Waals surface area contributed by atoms with Gasteiger partial charge in [-0.2, -0.15) is 0 Å². The number of rotatable bonds is 12. The molecule has 0 heterocycles. The Morgan fingerprint density at radius 1 is 0.774 bits per heavy atom. The minimum Gasteiger partial charge on any atom is -0.207 e. The molecule has 1 aromatic rings. The molecule has 1 saturated carbocycles. The van der Waals surface area contributed by atoms with E-state index in [1.807, 2.05) is 6.07 Å². The molecule has 0 bridgehead atoms. The summed E-state index contributed by atoms with van der Waals surface area (Å²) in [5.74, 6) is 2.97. The third-order valence-corrected chi connectivity index (χ3v) is 8.18. The summed E-state index contributed by atoms with van der Waals surface area (Å²) in [4.78, 5) is 0. The summed E-state index contributed by atoms with van der Waals surface area (Å²) >= 11 is 0. The zero-order chi connectivity index (χ0) is 21.9. The molecule has 1 heteroatoms. The van der Waals surface area contributed by atoms with Crippen molar-refractivity contribution in [3.8, 4) is 0 Å². The molecule has 1 fully saturated rings. The van der Waals surface area contributed by atoms with Crippen LogP contribution in [0.5, 0.6) is 0 Å². The van der Waals surface area contributed by atoms with Crippen LogP contribution in [-0.2, 0) is 12.8 Å². The summed E-state index contributed by atoms with van der Waals surface area (Å²) < 4.78 is 14.3. The van der Waals surface area contributed by atoms with Crippen molar-refractivity contribution in [1.82, 2.24) is 0 Å². The summed E-state index contributed by atoms with van der Waals surface area (Å²) in [7, 11) is 0. The van der Waals surface area contributed by atoms with Gasteiger partial charge in [-0.05, 0) is 86.3 Å². The molecule has 0 spiro atoms. The van der Waals surface area contributed by atoms with Gasteiger partial charge in [0.25, 0.3) is 0 Å². The largest absolute Gasteiger partial charge is 0.207 e. The lowest BCUT2D eigenvalue weighted by molar-refractivity contribution is 0.235. The highest BCUT2D eigenvalue weighted by Crippen LogP contribution is 2.37. The van der Waals surface area contributed by atoms with E-state index < -0.39 is 0 Å². The quantitative estimate of drug-likeness (QED) is 0.292. The molecule has 174 valence electrons. The van der Waals surface area contributed by atoms with Crippen LogP contribution < -0.4 is 0 Å². The second-order valence-electron chi connectivity index (χ2n) is 10.6. The second-order valence-corrected chi connectivity index (χ2v) is 10.6. The monoisotopic (exact) mass is 426 g/mol. The van der Waals surface area contributed by atoms with Gasteiger partial charge in [-0.15, -0.1) is 0 Å². The highest BCUT2D eigenvalue weighted by atomic mass is 19.1. The maximum absolute atomic E-state index is 14.3. The van der Waals surface area contributed by atoms with Crippen LogP contribution in [0.1, 0.15) is 121 Å². The number of halogens is 1. The Kier molecular flexibility index (Phi) is 10.6. The predicted molar refractivity (Wildman–Crippen MR) is 133 cm³/mol. The molecule has 0 amide bonds. The van der Waals surface area contributed by atoms with E-state index in [-0.39, 0.29) is 5.82 Å². The maximum Gasteiger partial charge on any atom is 0.126 e. The fourth-order valence-corrected chi connectivity index (χ4v) is 5.83. The van der Waals surface area contributed by atoms with Crippen LogP contribution in [0.15, 0.2) is 29.8 Å². The molecule has 0 aromatic heterocycles. The van der Waals surface area contributed by atoms with E-state index in [2.05, 4.69) is 26.0 Å². The molecular weight excluding hydrogens is 379 g/mol. The fraction of sp³-hybridized carbons (Fsp3) is 0.733. The van der Waals surface area contributed by atoms with E-state index in [0.29, 0.717) is 0 Å². The molecule has 2 aliphatic carbocycles. The van der Waals surface area contributed by atoms with Crippen molar-refractivity contribution in [2.24, 2.45) is 17.8 Å². The van der Waals surface area contributed by atoms with Crippen LogP contribution >= 0.6 is 0 Å². The summed E-state index contributed by atoms with van der Waals surface area (Å²) in [6.45, 7) is 4.48. The molecule has 0 aliphatic heterocycles. The van der Waals surface area contributed by atoms with Gasteiger partial charge in [0.15, 0.2) is 0 Å². The molecule has 1 unspecified atom stereocenters. The topological polar surface area (TPSA) is 0 Å². The Hall–Kier alpha value is -1.11. The Labute approximate surface area is 192 Å². The van der Waals surface area contributed by atoms with Gasteiger partial charge in [0.1, 0.15) is 5.82 Å². The van der Waals surface area contributed by atoms with Gasteiger partial charge in [0, 0.05) is 0 Å². The van der Waals surface area contributed by atoms with E-state index >= 15 is 0 Å². The number of aryl methyl sites for hydroxylation is 2. The van der Waals surface area contributed by atoms with Crippen molar-refractivity contribution >= 4 is 0 Å². The minimum atomic E-state index is 0.00281. The summed E-state index contributed by atoms with van der Waals surface area (Å²) in [5.41, 5.74) is 3.67. The molecule has 2 aliphatic rings. The van der Waals surface area contributed by atoms with Crippen LogP contribution in [0.2, 0.25) is 0 Å². The Bertz CT molecular complexity index is 665. The van der Waals surface area contributed by atoms with Gasteiger partial charge >= 0.3 is 0 Å². The van der Waals surface area contributed by atoms with Gasteiger partial charge in [-0.1, -0.05) is 95.4 Å². The lowest BCUT2D eigenvalue weighted by Gasteiger charge is -2.30. The van der Waals surface area contributed by atoms with E-state index in [4.69, 9.17) is 0 Å². The summed E-state index contributed by atoms with van der Waals surface area (Å²) in [6.07, 6.45) is 24.8. The first-order chi connectivity index (χ1) is 15.2. The lowest BCUT2D eigenvalue weighted by atomic mass is 9.76. The third-order valence-electron chi connectivity index (χ3n) is 8.18. The molecule has 31 heavy (non-hydrogen) atoms. The molecule has 0 saturated heterocycles. The number of hydrogen-bond donors (Lipinski definition) is 0. The number of unbranched alkanes of at least 4 members (excludes halogenated alkanes) is 2. The van der Waals surface area contributed by atoms with E-state index in [1.54, 1.807) is 11.6 Å². The number of benzene rings is 1. The first-order valence-electron chi connectivity index (χ1n) is 13.6. The van der Waals surface area contributed by atoms with Crippen LogP contribution in [0, 0.1) is 23.6 Å². The third kappa shape index (κ3) is 8.39. The van der Waals surface area contributed by atoms with Gasteiger partial charge in [-0.25, -0.2) is 4.39 Å². The Morgan fingerprint density at radius 2 is 1.48 bits per heavy atom. The van der Waals surface area contributed by atoms with Crippen molar-refractivity contribution in [3.05, 3.63) is 46.8 Å². The SMILES string of the molecule is CCCCc1ccc(CCC2=CCC(CC[C@H]3CC[C@H](CCCC)CC3)CC2)cc1F. The highest BCUT2D eigenvalue weighted by Gasteiger charge is 2.22. The summed E-state index contributed by atoms with van der Waals surface area (Å²) in [6, 6.07) is 5.95. The maximum atomic E-state index is 14.3. The highest BCUT2D eigenvalue weighted by molar-refractivity contribution is 5.25. The second kappa shape index (κ2) is 13.4. The van der Waals surface area contributed by atoms with Crippen molar-refractivity contribution in [3.63, 3.8) is 0 Å². The van der Waals surface area contributed by atoms with Gasteiger partial charge in [0.05, 0.1) is 0 Å². The number of hydrogen-bond acceptors (Lipinski definition) is 0. The molecular formula is C30H47F. The van der Waals surface area contributed by atoms with Crippen LogP contribution in [-0.4, -0.2) is 0 Å². The molecule has 0 N–H and O–H groups in total. The predicted octanol–water partition coefficient (Wildman–Crippen LogP) is 9.60. The average molecular weight is 427 g/mol. The van der Waals surface area contributed by atoms with Crippen molar-refractivity contribution in [2.75, 3.05) is 0 Å². The Balaban J connectivity index is 1.33. The molecule has 0 nitrogen and oxygen atoms in total.